The summed E-state index contributed by atoms with van der Waals surface area (Å²) < 4.78 is 37.9. The maximum absolute atomic E-state index is 13.1. The molecule has 0 aliphatic heterocycles. The highest BCUT2D eigenvalue weighted by atomic mass is 79.9. The van der Waals surface area contributed by atoms with Crippen molar-refractivity contribution in [1.82, 2.24) is 4.98 Å². The largest absolute Gasteiger partial charge is 0.367 e. The van der Waals surface area contributed by atoms with Gasteiger partial charge in [0.25, 0.3) is 6.43 Å². The van der Waals surface area contributed by atoms with E-state index in [1.807, 2.05) is 0 Å². The Labute approximate surface area is 90.4 Å². The number of alkyl halides is 3. The van der Waals surface area contributed by atoms with Gasteiger partial charge >= 0.3 is 11.8 Å². The van der Waals surface area contributed by atoms with Crippen LogP contribution in [-0.4, -0.2) is 9.91 Å². The number of rotatable bonds is 3. The van der Waals surface area contributed by atoms with E-state index in [9.17, 15) is 23.3 Å². The summed E-state index contributed by atoms with van der Waals surface area (Å²) in [5.74, 6) is -2.18. The molecule has 4 nitrogen and oxygen atoms in total. The second kappa shape index (κ2) is 4.56. The molecule has 0 N–H and O–H groups in total. The summed E-state index contributed by atoms with van der Waals surface area (Å²) in [5, 5.41) is 10.1. The van der Waals surface area contributed by atoms with Crippen molar-refractivity contribution < 1.29 is 18.1 Å². The molecular formula is C7H4BrF3N2O2. The topological polar surface area (TPSA) is 56.0 Å². The third-order valence-electron chi connectivity index (χ3n) is 1.65. The van der Waals surface area contributed by atoms with Crippen molar-refractivity contribution in [2.45, 2.75) is 11.8 Å². The minimum Gasteiger partial charge on any atom is -0.358 e. The van der Waals surface area contributed by atoms with Gasteiger partial charge in [0.2, 0.25) is 0 Å². The Kier molecular flexibility index (Phi) is 3.61. The lowest BCUT2D eigenvalue weighted by molar-refractivity contribution is -0.390. The fraction of sp³-hybridized carbons (Fsp3) is 0.286. The van der Waals surface area contributed by atoms with E-state index in [1.54, 1.807) is 0 Å². The number of halogens is 4. The van der Waals surface area contributed by atoms with Gasteiger partial charge in [0.05, 0.1) is 5.56 Å². The van der Waals surface area contributed by atoms with E-state index in [1.165, 1.54) is 0 Å². The molecule has 0 aliphatic rings. The molecule has 0 saturated carbocycles. The van der Waals surface area contributed by atoms with Crippen molar-refractivity contribution >= 4 is 21.7 Å². The molecule has 0 radical (unpaired) electrons. The Balaban J connectivity index is 3.38. The van der Waals surface area contributed by atoms with Crippen molar-refractivity contribution in [3.05, 3.63) is 33.3 Å². The van der Waals surface area contributed by atoms with E-state index in [-0.39, 0.29) is 10.9 Å². The van der Waals surface area contributed by atoms with Gasteiger partial charge < -0.3 is 10.1 Å². The average molecular weight is 285 g/mol. The smallest absolute Gasteiger partial charge is 0.358 e. The minimum absolute atomic E-state index is 0.177. The maximum atomic E-state index is 13.1. The van der Waals surface area contributed by atoms with Gasteiger partial charge in [-0.2, -0.15) is 4.39 Å². The molecule has 1 heterocycles. The van der Waals surface area contributed by atoms with E-state index in [0.29, 0.717) is 6.07 Å². The number of nitro groups is 1. The first-order valence-corrected chi connectivity index (χ1v) is 4.77. The first-order valence-electron chi connectivity index (χ1n) is 3.65. The van der Waals surface area contributed by atoms with Crippen LogP contribution in [-0.2, 0) is 5.33 Å². The Morgan fingerprint density at radius 3 is 2.60 bits per heavy atom. The zero-order valence-corrected chi connectivity index (χ0v) is 8.67. The molecule has 0 aromatic carbocycles. The van der Waals surface area contributed by atoms with Crippen LogP contribution >= 0.6 is 15.9 Å². The Hall–Kier alpha value is -1.18. The van der Waals surface area contributed by atoms with Gasteiger partial charge in [0.1, 0.15) is 0 Å². The Bertz CT molecular complexity index is 400. The first-order chi connectivity index (χ1) is 6.97. The Morgan fingerprint density at radius 2 is 2.20 bits per heavy atom. The van der Waals surface area contributed by atoms with Crippen molar-refractivity contribution in [1.29, 1.82) is 0 Å². The van der Waals surface area contributed by atoms with Gasteiger partial charge in [-0.05, 0) is 9.91 Å². The zero-order valence-electron chi connectivity index (χ0n) is 7.08. The normalized spacial score (nSPS) is 10.7. The molecule has 15 heavy (non-hydrogen) atoms. The highest BCUT2D eigenvalue weighted by Crippen LogP contribution is 2.28. The van der Waals surface area contributed by atoms with Gasteiger partial charge in [-0.3, -0.25) is 0 Å². The number of hydrogen-bond acceptors (Lipinski definition) is 3. The average Bonchev–Trinajstić information content (AvgIpc) is 2.16. The van der Waals surface area contributed by atoms with Crippen LogP contribution in [0.3, 0.4) is 0 Å². The molecule has 8 heteroatoms. The molecule has 0 saturated heterocycles. The van der Waals surface area contributed by atoms with Crippen LogP contribution in [0.15, 0.2) is 6.07 Å². The molecule has 1 aromatic heterocycles. The number of aromatic nitrogens is 1. The minimum atomic E-state index is -2.98. The fourth-order valence-corrected chi connectivity index (χ4v) is 1.52. The van der Waals surface area contributed by atoms with E-state index >= 15 is 0 Å². The third kappa shape index (κ3) is 2.44. The quantitative estimate of drug-likeness (QED) is 0.371. The molecule has 82 valence electrons. The van der Waals surface area contributed by atoms with Crippen molar-refractivity contribution in [2.75, 3.05) is 0 Å². The van der Waals surface area contributed by atoms with Crippen molar-refractivity contribution in [2.24, 2.45) is 0 Å². The molecule has 0 bridgehead atoms. The molecule has 0 spiro atoms. The number of hydrogen-bond donors (Lipinski definition) is 0. The van der Waals surface area contributed by atoms with E-state index in [0.717, 1.165) is 0 Å². The van der Waals surface area contributed by atoms with Crippen molar-refractivity contribution in [3.8, 4) is 0 Å². The molecule has 0 fully saturated rings. The number of nitrogens with zero attached hydrogens (tertiary/aromatic N) is 2. The standard InChI is InChI=1S/C7H4BrF3N2O2/c8-2-4-3(6(9)10)1-5(13(14)15)12-7(4)11/h1,6H,2H2. The van der Waals surface area contributed by atoms with Crippen LogP contribution in [0.4, 0.5) is 19.0 Å². The lowest BCUT2D eigenvalue weighted by Crippen LogP contribution is -2.03. The summed E-state index contributed by atoms with van der Waals surface area (Å²) in [6, 6.07) is 0.574. The van der Waals surface area contributed by atoms with Gasteiger partial charge in [0, 0.05) is 17.0 Å². The number of pyridine rings is 1. The summed E-state index contributed by atoms with van der Waals surface area (Å²) in [7, 11) is 0. The highest BCUT2D eigenvalue weighted by molar-refractivity contribution is 9.08. The van der Waals surface area contributed by atoms with Crippen LogP contribution in [0.25, 0.3) is 0 Å². The molecule has 0 unspecified atom stereocenters. The molecule has 1 rings (SSSR count). The predicted molar refractivity (Wildman–Crippen MR) is 48.4 cm³/mol. The van der Waals surface area contributed by atoms with Gasteiger partial charge in [-0.25, -0.2) is 8.78 Å². The molecule has 0 amide bonds. The van der Waals surface area contributed by atoms with Gasteiger partial charge in [-0.1, -0.05) is 15.9 Å². The van der Waals surface area contributed by atoms with Crippen LogP contribution in [0, 0.1) is 16.1 Å². The third-order valence-corrected chi connectivity index (χ3v) is 2.21. The van der Waals surface area contributed by atoms with Crippen molar-refractivity contribution in [3.63, 3.8) is 0 Å². The monoisotopic (exact) mass is 284 g/mol. The lowest BCUT2D eigenvalue weighted by atomic mass is 10.1. The van der Waals surface area contributed by atoms with Gasteiger partial charge in [0.15, 0.2) is 0 Å². The van der Waals surface area contributed by atoms with E-state index in [2.05, 4.69) is 20.9 Å². The molecule has 1 aromatic rings. The second-order valence-electron chi connectivity index (χ2n) is 2.53. The SMILES string of the molecule is O=[N+]([O-])c1cc(C(F)F)c(CBr)c(F)n1. The molecule has 0 atom stereocenters. The van der Waals surface area contributed by atoms with E-state index < -0.39 is 28.7 Å². The second-order valence-corrected chi connectivity index (χ2v) is 3.09. The summed E-state index contributed by atoms with van der Waals surface area (Å²) in [5.41, 5.74) is -1.08. The predicted octanol–water partition coefficient (Wildman–Crippen LogP) is 2.96. The maximum Gasteiger partial charge on any atom is 0.367 e. The van der Waals surface area contributed by atoms with Crippen LogP contribution in [0.2, 0.25) is 0 Å². The zero-order chi connectivity index (χ0) is 11.6. The van der Waals surface area contributed by atoms with Crippen LogP contribution in [0.5, 0.6) is 0 Å². The summed E-state index contributed by atoms with van der Waals surface area (Å²) in [4.78, 5) is 12.2. The van der Waals surface area contributed by atoms with Crippen LogP contribution in [0.1, 0.15) is 17.6 Å². The van der Waals surface area contributed by atoms with Crippen LogP contribution < -0.4 is 0 Å². The highest BCUT2D eigenvalue weighted by Gasteiger charge is 2.24. The summed E-state index contributed by atoms with van der Waals surface area (Å²) in [6.07, 6.45) is -2.98. The summed E-state index contributed by atoms with van der Waals surface area (Å²) >= 11 is 2.81. The first kappa shape index (κ1) is 11.9. The lowest BCUT2D eigenvalue weighted by Gasteiger charge is -2.04. The molecule has 0 aliphatic carbocycles. The summed E-state index contributed by atoms with van der Waals surface area (Å²) in [6.45, 7) is 0. The molecular weight excluding hydrogens is 281 g/mol. The Morgan fingerprint density at radius 1 is 1.60 bits per heavy atom. The van der Waals surface area contributed by atoms with Gasteiger partial charge in [-0.15, -0.1) is 0 Å². The fourth-order valence-electron chi connectivity index (χ4n) is 0.966. The van der Waals surface area contributed by atoms with E-state index in [4.69, 9.17) is 0 Å².